The van der Waals surface area contributed by atoms with E-state index in [-0.39, 0.29) is 25.1 Å². The summed E-state index contributed by atoms with van der Waals surface area (Å²) in [4.78, 5) is 0. The van der Waals surface area contributed by atoms with Gasteiger partial charge in [-0.3, -0.25) is 0 Å². The maximum Gasteiger partial charge on any atom is 0.169 e. The second kappa shape index (κ2) is 5.91. The lowest BCUT2D eigenvalue weighted by Crippen LogP contribution is -2.53. The zero-order chi connectivity index (χ0) is 14.8. The highest BCUT2D eigenvalue weighted by Crippen LogP contribution is 2.21. The van der Waals surface area contributed by atoms with Gasteiger partial charge in [0.1, 0.15) is 11.8 Å². The predicted molar refractivity (Wildman–Crippen MR) is 75.1 cm³/mol. The van der Waals surface area contributed by atoms with E-state index >= 15 is 0 Å². The summed E-state index contributed by atoms with van der Waals surface area (Å²) in [5.41, 5.74) is 0.824. The molecule has 1 atom stereocenters. The van der Waals surface area contributed by atoms with Gasteiger partial charge in [0, 0.05) is 6.04 Å². The minimum Gasteiger partial charge on any atom is -0.461 e. The number of nitrogens with one attached hydrogen (secondary N) is 1. The summed E-state index contributed by atoms with van der Waals surface area (Å²) in [6, 6.07) is 5.42. The van der Waals surface area contributed by atoms with Crippen LogP contribution in [0.3, 0.4) is 0 Å². The van der Waals surface area contributed by atoms with Crippen molar-refractivity contribution >= 4 is 11.0 Å². The summed E-state index contributed by atoms with van der Waals surface area (Å²) in [5, 5.41) is 22.2. The third kappa shape index (κ3) is 3.17. The maximum absolute atomic E-state index is 13.3. The molecule has 3 N–H and O–H groups in total. The number of fused-ring (bicyclic) bond motifs is 1. The van der Waals surface area contributed by atoms with Crippen molar-refractivity contribution in [3.8, 4) is 0 Å². The smallest absolute Gasteiger partial charge is 0.169 e. The lowest BCUT2D eigenvalue weighted by Gasteiger charge is -2.30. The summed E-state index contributed by atoms with van der Waals surface area (Å²) >= 11 is 0. The maximum atomic E-state index is 13.3. The molecular weight excluding hydrogens is 261 g/mol. The second-order valence-electron chi connectivity index (χ2n) is 5.54. The number of halogens is 1. The second-order valence-corrected chi connectivity index (χ2v) is 5.54. The van der Waals surface area contributed by atoms with Gasteiger partial charge in [-0.05, 0) is 38.0 Å². The van der Waals surface area contributed by atoms with E-state index in [0.717, 1.165) is 11.8 Å². The molecule has 110 valence electrons. The predicted octanol–water partition coefficient (Wildman–Crippen LogP) is 1.84. The highest BCUT2D eigenvalue weighted by Gasteiger charge is 2.24. The molecule has 0 saturated carbocycles. The minimum atomic E-state index is -0.708. The number of rotatable bonds is 6. The molecule has 0 fully saturated rings. The van der Waals surface area contributed by atoms with Crippen LogP contribution in [0.4, 0.5) is 4.39 Å². The summed E-state index contributed by atoms with van der Waals surface area (Å²) in [6.07, 6.45) is 1.79. The number of benzene rings is 1. The van der Waals surface area contributed by atoms with Crippen LogP contribution in [-0.2, 0) is 6.42 Å². The van der Waals surface area contributed by atoms with Gasteiger partial charge in [0.2, 0.25) is 0 Å². The first-order valence-electron chi connectivity index (χ1n) is 6.62. The van der Waals surface area contributed by atoms with Gasteiger partial charge in [-0.1, -0.05) is 6.07 Å². The Morgan fingerprint density at radius 3 is 2.70 bits per heavy atom. The molecule has 0 aliphatic rings. The first-order chi connectivity index (χ1) is 9.47. The van der Waals surface area contributed by atoms with Gasteiger partial charge >= 0.3 is 0 Å². The molecule has 0 amide bonds. The summed E-state index contributed by atoms with van der Waals surface area (Å²) in [5.74, 6) is -0.356. The Labute approximate surface area is 117 Å². The van der Waals surface area contributed by atoms with Gasteiger partial charge in [0.15, 0.2) is 5.82 Å². The quantitative estimate of drug-likeness (QED) is 0.756. The normalized spacial score (nSPS) is 13.8. The highest BCUT2D eigenvalue weighted by molar-refractivity contribution is 5.78. The van der Waals surface area contributed by atoms with Gasteiger partial charge < -0.3 is 19.9 Å². The molecule has 5 heteroatoms. The third-order valence-corrected chi connectivity index (χ3v) is 3.43. The van der Waals surface area contributed by atoms with Gasteiger partial charge in [-0.2, -0.15) is 0 Å². The van der Waals surface area contributed by atoms with Gasteiger partial charge in [-0.15, -0.1) is 0 Å². The monoisotopic (exact) mass is 281 g/mol. The van der Waals surface area contributed by atoms with Crippen LogP contribution in [-0.4, -0.2) is 35.0 Å². The zero-order valence-electron chi connectivity index (χ0n) is 11.7. The van der Waals surface area contributed by atoms with E-state index in [1.807, 2.05) is 19.1 Å². The molecule has 0 aliphatic carbocycles. The van der Waals surface area contributed by atoms with Gasteiger partial charge in [0.25, 0.3) is 0 Å². The van der Waals surface area contributed by atoms with Gasteiger partial charge in [-0.25, -0.2) is 4.39 Å². The molecule has 0 saturated heterocycles. The zero-order valence-corrected chi connectivity index (χ0v) is 11.7. The molecule has 2 aromatic rings. The van der Waals surface area contributed by atoms with Crippen LogP contribution >= 0.6 is 0 Å². The SMILES string of the molecule is CC(Cc1ccc2c(F)coc2c1)NC(C)(CO)CO. The van der Waals surface area contributed by atoms with E-state index in [1.165, 1.54) is 0 Å². The van der Waals surface area contributed by atoms with Crippen molar-refractivity contribution in [3.05, 3.63) is 35.8 Å². The number of aliphatic hydroxyl groups is 2. The van der Waals surface area contributed by atoms with Crippen LogP contribution in [0.15, 0.2) is 28.9 Å². The standard InChI is InChI=1S/C15H20FNO3/c1-10(17-15(2,8-18)9-19)5-11-3-4-12-13(16)7-20-14(12)6-11/h3-4,6-7,10,17-19H,5,8-9H2,1-2H3. The van der Waals surface area contributed by atoms with E-state index in [2.05, 4.69) is 5.32 Å². The molecule has 0 spiro atoms. The Morgan fingerprint density at radius 2 is 2.05 bits per heavy atom. The molecule has 2 rings (SSSR count). The topological polar surface area (TPSA) is 65.6 Å². The van der Waals surface area contributed by atoms with E-state index in [0.29, 0.717) is 17.4 Å². The Morgan fingerprint density at radius 1 is 1.35 bits per heavy atom. The number of hydrogen-bond acceptors (Lipinski definition) is 4. The van der Waals surface area contributed by atoms with Crippen molar-refractivity contribution in [2.24, 2.45) is 0 Å². The largest absolute Gasteiger partial charge is 0.461 e. The third-order valence-electron chi connectivity index (χ3n) is 3.43. The molecule has 0 aliphatic heterocycles. The molecule has 0 bridgehead atoms. The fourth-order valence-electron chi connectivity index (χ4n) is 2.31. The summed E-state index contributed by atoms with van der Waals surface area (Å²) < 4.78 is 18.4. The fraction of sp³-hybridized carbons (Fsp3) is 0.467. The lowest BCUT2D eigenvalue weighted by atomic mass is 10.0. The molecule has 1 aromatic heterocycles. The molecule has 20 heavy (non-hydrogen) atoms. The van der Waals surface area contributed by atoms with E-state index < -0.39 is 5.54 Å². The average Bonchev–Trinajstić information content (AvgIpc) is 2.79. The molecule has 1 aromatic carbocycles. The van der Waals surface area contributed by atoms with Crippen molar-refractivity contribution in [2.75, 3.05) is 13.2 Å². The summed E-state index contributed by atoms with van der Waals surface area (Å²) in [7, 11) is 0. The minimum absolute atomic E-state index is 0.0524. The first kappa shape index (κ1) is 15.0. The average molecular weight is 281 g/mol. The van der Waals surface area contributed by atoms with E-state index in [9.17, 15) is 14.6 Å². The van der Waals surface area contributed by atoms with Crippen LogP contribution in [0.5, 0.6) is 0 Å². The Bertz CT molecular complexity index is 578. The van der Waals surface area contributed by atoms with E-state index in [4.69, 9.17) is 4.42 Å². The highest BCUT2D eigenvalue weighted by atomic mass is 19.1. The Kier molecular flexibility index (Phi) is 4.42. The molecule has 1 heterocycles. The number of furan rings is 1. The van der Waals surface area contributed by atoms with Crippen LogP contribution in [0.2, 0.25) is 0 Å². The number of hydrogen-bond donors (Lipinski definition) is 3. The molecule has 1 unspecified atom stereocenters. The lowest BCUT2D eigenvalue weighted by molar-refractivity contribution is 0.0957. The Hall–Kier alpha value is -1.43. The summed E-state index contributed by atoms with van der Waals surface area (Å²) in [6.45, 7) is 3.44. The number of aliphatic hydroxyl groups excluding tert-OH is 2. The van der Waals surface area contributed by atoms with Crippen molar-refractivity contribution in [1.82, 2.24) is 5.32 Å². The van der Waals surface area contributed by atoms with Crippen LogP contribution in [0.1, 0.15) is 19.4 Å². The van der Waals surface area contributed by atoms with Crippen molar-refractivity contribution < 1.29 is 19.0 Å². The van der Waals surface area contributed by atoms with Crippen molar-refractivity contribution in [3.63, 3.8) is 0 Å². The van der Waals surface area contributed by atoms with Gasteiger partial charge in [0.05, 0.1) is 24.1 Å². The van der Waals surface area contributed by atoms with E-state index in [1.54, 1.807) is 13.0 Å². The van der Waals surface area contributed by atoms with Crippen molar-refractivity contribution in [1.29, 1.82) is 0 Å². The molecule has 4 nitrogen and oxygen atoms in total. The van der Waals surface area contributed by atoms with Crippen LogP contribution in [0.25, 0.3) is 11.0 Å². The van der Waals surface area contributed by atoms with Crippen molar-refractivity contribution in [2.45, 2.75) is 31.8 Å². The van der Waals surface area contributed by atoms with Crippen LogP contribution in [0, 0.1) is 5.82 Å². The Balaban J connectivity index is 2.07. The first-order valence-corrected chi connectivity index (χ1v) is 6.62. The van der Waals surface area contributed by atoms with Crippen LogP contribution < -0.4 is 5.32 Å². The molecular formula is C15H20FNO3. The molecule has 0 radical (unpaired) electrons. The fourth-order valence-corrected chi connectivity index (χ4v) is 2.31.